The maximum Gasteiger partial charge on any atom is 0.0543 e. The van der Waals surface area contributed by atoms with E-state index in [1.807, 2.05) is 18.2 Å². The Labute approximate surface area is 103 Å². The van der Waals surface area contributed by atoms with Crippen LogP contribution in [-0.2, 0) is 0 Å². The Morgan fingerprint density at radius 3 is 2.76 bits per heavy atom. The van der Waals surface area contributed by atoms with Gasteiger partial charge in [0, 0.05) is 6.54 Å². The van der Waals surface area contributed by atoms with Crippen LogP contribution in [0.5, 0.6) is 0 Å². The number of benzene rings is 1. The van der Waals surface area contributed by atoms with Gasteiger partial charge in [0.1, 0.15) is 0 Å². The maximum absolute atomic E-state index is 9.41. The standard InChI is InChI=1S/C15H21NO/c17-15-9-8-14(11-15)12-16-10-4-7-13-5-2-1-3-6-13/h1-7,14-17H,8-12H2/b7-4+. The van der Waals surface area contributed by atoms with E-state index in [4.69, 9.17) is 0 Å². The molecule has 1 aliphatic rings. The Bertz CT molecular complexity index is 347. The molecule has 2 heteroatoms. The van der Waals surface area contributed by atoms with Gasteiger partial charge in [0.2, 0.25) is 0 Å². The Morgan fingerprint density at radius 2 is 2.06 bits per heavy atom. The SMILES string of the molecule is OC1CCC(CNC/C=C/c2ccccc2)C1. The summed E-state index contributed by atoms with van der Waals surface area (Å²) < 4.78 is 0. The molecule has 0 heterocycles. The van der Waals surface area contributed by atoms with E-state index in [0.717, 1.165) is 32.4 Å². The lowest BCUT2D eigenvalue weighted by Gasteiger charge is -2.08. The van der Waals surface area contributed by atoms with Gasteiger partial charge in [0.05, 0.1) is 6.10 Å². The highest BCUT2D eigenvalue weighted by atomic mass is 16.3. The van der Waals surface area contributed by atoms with Crippen LogP contribution in [0.3, 0.4) is 0 Å². The molecule has 0 bridgehead atoms. The molecule has 0 aromatic heterocycles. The molecule has 0 aliphatic heterocycles. The second-order valence-electron chi connectivity index (χ2n) is 4.80. The lowest BCUT2D eigenvalue weighted by molar-refractivity contribution is 0.177. The third-order valence-electron chi connectivity index (χ3n) is 3.32. The molecule has 2 N–H and O–H groups in total. The minimum Gasteiger partial charge on any atom is -0.393 e. The van der Waals surface area contributed by atoms with Crippen LogP contribution in [0.1, 0.15) is 24.8 Å². The molecule has 1 aromatic rings. The number of rotatable bonds is 5. The average Bonchev–Trinajstić information content (AvgIpc) is 2.76. The second kappa shape index (κ2) is 6.58. The predicted molar refractivity (Wildman–Crippen MR) is 71.7 cm³/mol. The van der Waals surface area contributed by atoms with Crippen LogP contribution in [0.15, 0.2) is 36.4 Å². The summed E-state index contributed by atoms with van der Waals surface area (Å²) in [6.45, 7) is 1.93. The molecule has 92 valence electrons. The minimum absolute atomic E-state index is 0.0540. The van der Waals surface area contributed by atoms with Crippen LogP contribution < -0.4 is 5.32 Å². The quantitative estimate of drug-likeness (QED) is 0.763. The van der Waals surface area contributed by atoms with Crippen molar-refractivity contribution in [1.82, 2.24) is 5.32 Å². The van der Waals surface area contributed by atoms with Crippen molar-refractivity contribution in [2.24, 2.45) is 5.92 Å². The predicted octanol–water partition coefficient (Wildman–Crippen LogP) is 2.45. The van der Waals surface area contributed by atoms with Gasteiger partial charge in [0.25, 0.3) is 0 Å². The smallest absolute Gasteiger partial charge is 0.0543 e. The number of hydrogen-bond acceptors (Lipinski definition) is 2. The Kier molecular flexibility index (Phi) is 4.77. The Hall–Kier alpha value is -1.12. The lowest BCUT2D eigenvalue weighted by Crippen LogP contribution is -2.21. The summed E-state index contributed by atoms with van der Waals surface area (Å²) in [6, 6.07) is 10.3. The molecule has 1 aliphatic carbocycles. The summed E-state index contributed by atoms with van der Waals surface area (Å²) in [6.07, 6.45) is 7.34. The van der Waals surface area contributed by atoms with Gasteiger partial charge < -0.3 is 10.4 Å². The molecule has 2 unspecified atom stereocenters. The van der Waals surface area contributed by atoms with E-state index < -0.39 is 0 Å². The number of hydrogen-bond donors (Lipinski definition) is 2. The minimum atomic E-state index is -0.0540. The van der Waals surface area contributed by atoms with Crippen LogP contribution in [0, 0.1) is 5.92 Å². The van der Waals surface area contributed by atoms with Gasteiger partial charge in [-0.3, -0.25) is 0 Å². The number of nitrogens with one attached hydrogen (secondary N) is 1. The van der Waals surface area contributed by atoms with E-state index in [2.05, 4.69) is 29.6 Å². The van der Waals surface area contributed by atoms with E-state index >= 15 is 0 Å². The molecule has 0 amide bonds. The topological polar surface area (TPSA) is 32.3 Å². The fraction of sp³-hybridized carbons (Fsp3) is 0.467. The van der Waals surface area contributed by atoms with Crippen LogP contribution in [0.4, 0.5) is 0 Å². The normalized spacial score (nSPS) is 24.5. The molecule has 1 aromatic carbocycles. The van der Waals surface area contributed by atoms with Crippen LogP contribution in [0.2, 0.25) is 0 Å². The van der Waals surface area contributed by atoms with Crippen molar-refractivity contribution < 1.29 is 5.11 Å². The summed E-state index contributed by atoms with van der Waals surface area (Å²) >= 11 is 0. The molecule has 1 fully saturated rings. The van der Waals surface area contributed by atoms with Gasteiger partial charge in [-0.1, -0.05) is 42.5 Å². The van der Waals surface area contributed by atoms with Crippen molar-refractivity contribution in [1.29, 1.82) is 0 Å². The Balaban J connectivity index is 1.62. The van der Waals surface area contributed by atoms with E-state index in [1.165, 1.54) is 5.56 Å². The van der Waals surface area contributed by atoms with Crippen LogP contribution in [-0.4, -0.2) is 24.3 Å². The van der Waals surface area contributed by atoms with Crippen molar-refractivity contribution in [3.8, 4) is 0 Å². The largest absolute Gasteiger partial charge is 0.393 e. The van der Waals surface area contributed by atoms with E-state index in [0.29, 0.717) is 5.92 Å². The first-order valence-electron chi connectivity index (χ1n) is 6.45. The van der Waals surface area contributed by atoms with Gasteiger partial charge in [-0.05, 0) is 37.3 Å². The summed E-state index contributed by atoms with van der Waals surface area (Å²) in [7, 11) is 0. The van der Waals surface area contributed by atoms with E-state index in [1.54, 1.807) is 0 Å². The lowest BCUT2D eigenvalue weighted by atomic mass is 10.1. The number of aliphatic hydroxyl groups excluding tert-OH is 1. The average molecular weight is 231 g/mol. The molecule has 2 atom stereocenters. The monoisotopic (exact) mass is 231 g/mol. The highest BCUT2D eigenvalue weighted by molar-refractivity contribution is 5.48. The molecule has 2 nitrogen and oxygen atoms in total. The maximum atomic E-state index is 9.41. The summed E-state index contributed by atoms with van der Waals surface area (Å²) in [4.78, 5) is 0. The first-order valence-corrected chi connectivity index (χ1v) is 6.45. The van der Waals surface area contributed by atoms with Crippen molar-refractivity contribution in [3.05, 3.63) is 42.0 Å². The zero-order valence-corrected chi connectivity index (χ0v) is 10.2. The summed E-state index contributed by atoms with van der Waals surface area (Å²) in [5, 5.41) is 12.8. The van der Waals surface area contributed by atoms with Crippen molar-refractivity contribution in [2.45, 2.75) is 25.4 Å². The zero-order chi connectivity index (χ0) is 11.9. The first kappa shape index (κ1) is 12.3. The molecular weight excluding hydrogens is 210 g/mol. The van der Waals surface area contributed by atoms with E-state index in [-0.39, 0.29) is 6.10 Å². The second-order valence-corrected chi connectivity index (χ2v) is 4.80. The third kappa shape index (κ3) is 4.33. The van der Waals surface area contributed by atoms with Crippen LogP contribution >= 0.6 is 0 Å². The summed E-state index contributed by atoms with van der Waals surface area (Å²) in [5.74, 6) is 0.662. The zero-order valence-electron chi connectivity index (χ0n) is 10.2. The fourth-order valence-corrected chi connectivity index (χ4v) is 2.36. The van der Waals surface area contributed by atoms with Crippen LogP contribution in [0.25, 0.3) is 6.08 Å². The molecule has 1 saturated carbocycles. The highest BCUT2D eigenvalue weighted by Crippen LogP contribution is 2.24. The molecule has 17 heavy (non-hydrogen) atoms. The number of aliphatic hydroxyl groups is 1. The van der Waals surface area contributed by atoms with Gasteiger partial charge in [-0.25, -0.2) is 0 Å². The molecule has 0 saturated heterocycles. The molecule has 0 radical (unpaired) electrons. The van der Waals surface area contributed by atoms with Crippen molar-refractivity contribution >= 4 is 6.08 Å². The molecular formula is C15H21NO. The van der Waals surface area contributed by atoms with Crippen molar-refractivity contribution in [2.75, 3.05) is 13.1 Å². The van der Waals surface area contributed by atoms with E-state index in [9.17, 15) is 5.11 Å². The van der Waals surface area contributed by atoms with Gasteiger partial charge >= 0.3 is 0 Å². The summed E-state index contributed by atoms with van der Waals surface area (Å²) in [5.41, 5.74) is 1.24. The van der Waals surface area contributed by atoms with Crippen molar-refractivity contribution in [3.63, 3.8) is 0 Å². The highest BCUT2D eigenvalue weighted by Gasteiger charge is 2.21. The molecule has 0 spiro atoms. The molecule has 2 rings (SSSR count). The van der Waals surface area contributed by atoms with Gasteiger partial charge in [-0.15, -0.1) is 0 Å². The van der Waals surface area contributed by atoms with Gasteiger partial charge in [-0.2, -0.15) is 0 Å². The fourth-order valence-electron chi connectivity index (χ4n) is 2.36. The third-order valence-corrected chi connectivity index (χ3v) is 3.32. The Morgan fingerprint density at radius 1 is 1.24 bits per heavy atom. The van der Waals surface area contributed by atoms with Gasteiger partial charge in [0.15, 0.2) is 0 Å². The first-order chi connectivity index (χ1) is 8.34.